The van der Waals surface area contributed by atoms with Gasteiger partial charge in [0, 0.05) is 37.3 Å². The Hall–Kier alpha value is -4.20. The highest BCUT2D eigenvalue weighted by molar-refractivity contribution is 5.77. The van der Waals surface area contributed by atoms with Crippen molar-refractivity contribution in [2.75, 3.05) is 7.11 Å². The molecule has 0 radical (unpaired) electrons. The van der Waals surface area contributed by atoms with Gasteiger partial charge in [0.15, 0.2) is 5.65 Å². The average molecular weight is 441 g/mol. The Kier molecular flexibility index (Phi) is 5.48. The van der Waals surface area contributed by atoms with Crippen LogP contribution >= 0.6 is 0 Å². The van der Waals surface area contributed by atoms with Gasteiger partial charge in [-0.2, -0.15) is 5.10 Å². The molecule has 0 saturated heterocycles. The minimum absolute atomic E-state index is 0.0143. The van der Waals surface area contributed by atoms with Gasteiger partial charge in [-0.25, -0.2) is 4.52 Å². The van der Waals surface area contributed by atoms with E-state index < -0.39 is 0 Å². The number of hydrogen-bond donors (Lipinski definition) is 1. The summed E-state index contributed by atoms with van der Waals surface area (Å²) >= 11 is 0. The molecular formula is C25H24N6O2. The SMILES string of the molecule is COc1ccc(-c2cc3c4nnc(CCC(=O)NCc5ccc(C)cc5)n4ccn3n2)cc1. The van der Waals surface area contributed by atoms with Crippen molar-refractivity contribution in [3.8, 4) is 17.0 Å². The molecule has 0 bridgehead atoms. The molecule has 8 heteroatoms. The third kappa shape index (κ3) is 4.27. The number of rotatable bonds is 7. The van der Waals surface area contributed by atoms with Crippen LogP contribution in [0.25, 0.3) is 22.4 Å². The standard InChI is InChI=1S/C25H24N6O2/c1-17-3-5-18(6-4-17)16-26-24(32)12-11-23-27-28-25-22-15-21(29-31(22)14-13-30(23)25)19-7-9-20(33-2)10-8-19/h3-10,13-15H,11-12,16H2,1-2H3,(H,26,32). The minimum Gasteiger partial charge on any atom is -0.497 e. The lowest BCUT2D eigenvalue weighted by molar-refractivity contribution is -0.121. The number of carbonyl (C=O) groups excluding carboxylic acids is 1. The molecule has 5 aromatic rings. The molecule has 0 saturated carbocycles. The molecule has 0 aliphatic carbocycles. The number of hydrogen-bond acceptors (Lipinski definition) is 5. The lowest BCUT2D eigenvalue weighted by Crippen LogP contribution is -2.23. The van der Waals surface area contributed by atoms with Gasteiger partial charge in [-0.3, -0.25) is 9.20 Å². The predicted molar refractivity (Wildman–Crippen MR) is 125 cm³/mol. The van der Waals surface area contributed by atoms with Crippen LogP contribution in [0.3, 0.4) is 0 Å². The van der Waals surface area contributed by atoms with E-state index in [4.69, 9.17) is 4.74 Å². The van der Waals surface area contributed by atoms with Gasteiger partial charge in [0.2, 0.25) is 5.91 Å². The summed E-state index contributed by atoms with van der Waals surface area (Å²) in [6.07, 6.45) is 4.59. The molecule has 3 aromatic heterocycles. The summed E-state index contributed by atoms with van der Waals surface area (Å²) < 4.78 is 8.94. The van der Waals surface area contributed by atoms with Crippen LogP contribution in [-0.4, -0.2) is 37.2 Å². The molecule has 0 unspecified atom stereocenters. The molecule has 2 aromatic carbocycles. The van der Waals surface area contributed by atoms with E-state index in [1.165, 1.54) is 5.56 Å². The summed E-state index contributed by atoms with van der Waals surface area (Å²) in [5, 5.41) is 16.3. The fraction of sp³-hybridized carbons (Fsp3) is 0.200. The summed E-state index contributed by atoms with van der Waals surface area (Å²) in [4.78, 5) is 12.3. The lowest BCUT2D eigenvalue weighted by Gasteiger charge is -2.05. The van der Waals surface area contributed by atoms with Gasteiger partial charge in [0.25, 0.3) is 0 Å². The fourth-order valence-electron chi connectivity index (χ4n) is 3.75. The van der Waals surface area contributed by atoms with E-state index in [9.17, 15) is 4.79 Å². The molecule has 5 rings (SSSR count). The number of aryl methyl sites for hydroxylation is 2. The van der Waals surface area contributed by atoms with Crippen LogP contribution in [0.15, 0.2) is 67.0 Å². The highest BCUT2D eigenvalue weighted by Crippen LogP contribution is 2.24. The van der Waals surface area contributed by atoms with Crippen LogP contribution in [0, 0.1) is 6.92 Å². The van der Waals surface area contributed by atoms with Crippen molar-refractivity contribution < 1.29 is 9.53 Å². The highest BCUT2D eigenvalue weighted by Gasteiger charge is 2.14. The number of aromatic nitrogens is 5. The highest BCUT2D eigenvalue weighted by atomic mass is 16.5. The van der Waals surface area contributed by atoms with Crippen LogP contribution in [0.4, 0.5) is 0 Å². The molecule has 8 nitrogen and oxygen atoms in total. The number of nitrogens with one attached hydrogen (secondary N) is 1. The summed E-state index contributed by atoms with van der Waals surface area (Å²) in [6.45, 7) is 2.56. The number of methoxy groups -OCH3 is 1. The molecule has 0 atom stereocenters. The van der Waals surface area contributed by atoms with Gasteiger partial charge < -0.3 is 10.1 Å². The van der Waals surface area contributed by atoms with Crippen LogP contribution in [0.1, 0.15) is 23.4 Å². The molecule has 3 heterocycles. The van der Waals surface area contributed by atoms with Crippen molar-refractivity contribution in [2.45, 2.75) is 26.3 Å². The van der Waals surface area contributed by atoms with Gasteiger partial charge in [0.1, 0.15) is 17.1 Å². The Morgan fingerprint density at radius 2 is 1.82 bits per heavy atom. The van der Waals surface area contributed by atoms with E-state index in [0.717, 1.165) is 33.9 Å². The number of fused-ring (bicyclic) bond motifs is 3. The van der Waals surface area contributed by atoms with E-state index in [-0.39, 0.29) is 5.91 Å². The number of ether oxygens (including phenoxy) is 1. The van der Waals surface area contributed by atoms with Gasteiger partial charge in [0.05, 0.1) is 12.8 Å². The largest absolute Gasteiger partial charge is 0.497 e. The third-order valence-corrected chi connectivity index (χ3v) is 5.66. The lowest BCUT2D eigenvalue weighted by atomic mass is 10.1. The Bertz CT molecular complexity index is 1420. The van der Waals surface area contributed by atoms with Crippen molar-refractivity contribution in [3.05, 3.63) is 83.9 Å². The zero-order valence-electron chi connectivity index (χ0n) is 18.5. The number of amides is 1. The normalized spacial score (nSPS) is 11.2. The van der Waals surface area contributed by atoms with Crippen LogP contribution in [-0.2, 0) is 17.8 Å². The van der Waals surface area contributed by atoms with E-state index in [2.05, 4.69) is 20.6 Å². The second-order valence-electron chi connectivity index (χ2n) is 7.96. The van der Waals surface area contributed by atoms with E-state index in [0.29, 0.717) is 25.0 Å². The average Bonchev–Trinajstić information content (AvgIpc) is 3.46. The van der Waals surface area contributed by atoms with Crippen molar-refractivity contribution in [3.63, 3.8) is 0 Å². The van der Waals surface area contributed by atoms with Crippen molar-refractivity contribution in [2.24, 2.45) is 0 Å². The fourth-order valence-corrected chi connectivity index (χ4v) is 3.75. The number of nitrogens with zero attached hydrogens (tertiary/aromatic N) is 5. The summed E-state index contributed by atoms with van der Waals surface area (Å²) in [7, 11) is 1.65. The second-order valence-corrected chi connectivity index (χ2v) is 7.96. The summed E-state index contributed by atoms with van der Waals surface area (Å²) in [5.41, 5.74) is 5.67. The maximum atomic E-state index is 12.3. The zero-order chi connectivity index (χ0) is 22.8. The molecule has 33 heavy (non-hydrogen) atoms. The molecular weight excluding hydrogens is 416 g/mol. The first-order valence-corrected chi connectivity index (χ1v) is 10.8. The van der Waals surface area contributed by atoms with Crippen molar-refractivity contribution in [1.29, 1.82) is 0 Å². The molecule has 1 N–H and O–H groups in total. The van der Waals surface area contributed by atoms with E-state index >= 15 is 0 Å². The van der Waals surface area contributed by atoms with Crippen molar-refractivity contribution >= 4 is 17.1 Å². The number of carbonyl (C=O) groups is 1. The summed E-state index contributed by atoms with van der Waals surface area (Å²) in [6, 6.07) is 17.9. The summed E-state index contributed by atoms with van der Waals surface area (Å²) in [5.74, 6) is 1.53. The maximum absolute atomic E-state index is 12.3. The quantitative estimate of drug-likeness (QED) is 0.418. The van der Waals surface area contributed by atoms with Gasteiger partial charge in [-0.05, 0) is 42.8 Å². The van der Waals surface area contributed by atoms with E-state index in [1.807, 2.05) is 78.3 Å². The zero-order valence-corrected chi connectivity index (χ0v) is 18.5. The Balaban J connectivity index is 1.30. The molecule has 1 amide bonds. The molecule has 166 valence electrons. The van der Waals surface area contributed by atoms with Gasteiger partial charge in [-0.1, -0.05) is 29.8 Å². The molecule has 0 fully saturated rings. The number of benzene rings is 2. The topological polar surface area (TPSA) is 85.8 Å². The third-order valence-electron chi connectivity index (χ3n) is 5.66. The van der Waals surface area contributed by atoms with Crippen LogP contribution in [0.2, 0.25) is 0 Å². The molecule has 0 aliphatic heterocycles. The van der Waals surface area contributed by atoms with E-state index in [1.54, 1.807) is 11.6 Å². The Labute approximate surface area is 190 Å². The van der Waals surface area contributed by atoms with Crippen LogP contribution < -0.4 is 10.1 Å². The second kappa shape index (κ2) is 8.74. The Morgan fingerprint density at radius 1 is 1.03 bits per heavy atom. The monoisotopic (exact) mass is 440 g/mol. The first-order valence-electron chi connectivity index (χ1n) is 10.8. The van der Waals surface area contributed by atoms with Gasteiger partial charge >= 0.3 is 0 Å². The maximum Gasteiger partial charge on any atom is 0.220 e. The van der Waals surface area contributed by atoms with Crippen LogP contribution in [0.5, 0.6) is 5.75 Å². The van der Waals surface area contributed by atoms with Crippen molar-refractivity contribution in [1.82, 2.24) is 29.5 Å². The molecule has 0 aliphatic rings. The first-order chi connectivity index (χ1) is 16.1. The minimum atomic E-state index is -0.0143. The smallest absolute Gasteiger partial charge is 0.220 e. The predicted octanol–water partition coefficient (Wildman–Crippen LogP) is 3.61. The molecule has 0 spiro atoms. The first kappa shape index (κ1) is 20.7. The Morgan fingerprint density at radius 3 is 2.58 bits per heavy atom. The van der Waals surface area contributed by atoms with Gasteiger partial charge in [-0.15, -0.1) is 10.2 Å².